The van der Waals surface area contributed by atoms with Crippen LogP contribution in [0.4, 0.5) is 5.69 Å². The van der Waals surface area contributed by atoms with E-state index in [9.17, 15) is 9.59 Å². The molecule has 5 heteroatoms. The van der Waals surface area contributed by atoms with E-state index in [2.05, 4.69) is 15.3 Å². The molecule has 1 heterocycles. The molecule has 106 valence electrons. The number of benzene rings is 1. The zero-order valence-corrected chi connectivity index (χ0v) is 11.6. The summed E-state index contributed by atoms with van der Waals surface area (Å²) in [5.41, 5.74) is 3.00. The van der Waals surface area contributed by atoms with E-state index in [4.69, 9.17) is 0 Å². The second-order valence-electron chi connectivity index (χ2n) is 5.62. The van der Waals surface area contributed by atoms with Gasteiger partial charge < -0.3 is 15.3 Å². The molecule has 2 aromatic rings. The van der Waals surface area contributed by atoms with E-state index >= 15 is 0 Å². The number of carbonyl (C=O) groups excluding carboxylic acids is 1. The van der Waals surface area contributed by atoms with E-state index in [0.29, 0.717) is 0 Å². The largest absolute Gasteiger partial charge is 0.326 e. The van der Waals surface area contributed by atoms with Crippen molar-refractivity contribution < 1.29 is 4.79 Å². The second-order valence-corrected chi connectivity index (χ2v) is 5.62. The van der Waals surface area contributed by atoms with Crippen LogP contribution in [0.3, 0.4) is 0 Å². The first-order chi connectivity index (χ1) is 9.63. The van der Waals surface area contributed by atoms with Crippen LogP contribution in [0.15, 0.2) is 16.9 Å². The third kappa shape index (κ3) is 2.48. The fourth-order valence-corrected chi connectivity index (χ4v) is 2.92. The minimum Gasteiger partial charge on any atom is -0.326 e. The standard InChI is InChI=1S/C15H19N3O2/c1-9-7-12-13(18-15(20)17-12)8-11(9)16-14(19)10-5-3-2-4-6-10/h7-8,10H,2-6H2,1H3,(H,16,19)(H2,17,18,20). The van der Waals surface area contributed by atoms with E-state index < -0.39 is 0 Å². The Morgan fingerprint density at radius 1 is 1.15 bits per heavy atom. The number of imidazole rings is 1. The van der Waals surface area contributed by atoms with Crippen LogP contribution in [-0.4, -0.2) is 15.9 Å². The summed E-state index contributed by atoms with van der Waals surface area (Å²) in [6, 6.07) is 3.70. The molecule has 0 bridgehead atoms. The Balaban J connectivity index is 1.84. The minimum absolute atomic E-state index is 0.102. The normalized spacial score (nSPS) is 16.4. The molecule has 1 fully saturated rings. The SMILES string of the molecule is Cc1cc2[nH]c(=O)[nH]c2cc1NC(=O)C1CCCCC1. The third-order valence-electron chi connectivity index (χ3n) is 4.09. The van der Waals surface area contributed by atoms with E-state index in [1.54, 1.807) is 0 Å². The number of nitrogens with one attached hydrogen (secondary N) is 3. The summed E-state index contributed by atoms with van der Waals surface area (Å²) in [6.45, 7) is 1.93. The van der Waals surface area contributed by atoms with Gasteiger partial charge in [-0.1, -0.05) is 19.3 Å². The zero-order chi connectivity index (χ0) is 14.1. The summed E-state index contributed by atoms with van der Waals surface area (Å²) < 4.78 is 0. The maximum Gasteiger partial charge on any atom is 0.323 e. The Labute approximate surface area is 116 Å². The molecule has 0 unspecified atom stereocenters. The van der Waals surface area contributed by atoms with Gasteiger partial charge in [0.1, 0.15) is 0 Å². The van der Waals surface area contributed by atoms with Crippen LogP contribution in [0.1, 0.15) is 37.7 Å². The predicted molar refractivity (Wildman–Crippen MR) is 78.9 cm³/mol. The number of H-pyrrole nitrogens is 2. The molecule has 1 aromatic heterocycles. The molecule has 3 N–H and O–H groups in total. The summed E-state index contributed by atoms with van der Waals surface area (Å²) in [6.07, 6.45) is 5.48. The van der Waals surface area contributed by atoms with Crippen LogP contribution >= 0.6 is 0 Å². The van der Waals surface area contributed by atoms with Gasteiger partial charge in [0.25, 0.3) is 0 Å². The molecule has 0 aliphatic heterocycles. The summed E-state index contributed by atoms with van der Waals surface area (Å²) >= 11 is 0. The Hall–Kier alpha value is -2.04. The molecule has 5 nitrogen and oxygen atoms in total. The van der Waals surface area contributed by atoms with E-state index in [0.717, 1.165) is 48.0 Å². The lowest BCUT2D eigenvalue weighted by atomic mass is 9.88. The molecule has 1 aromatic carbocycles. The van der Waals surface area contributed by atoms with Crippen LogP contribution < -0.4 is 11.0 Å². The Morgan fingerprint density at radius 3 is 2.50 bits per heavy atom. The number of hydrogen-bond donors (Lipinski definition) is 3. The zero-order valence-electron chi connectivity index (χ0n) is 11.6. The Bertz CT molecular complexity index is 693. The van der Waals surface area contributed by atoms with Gasteiger partial charge in [-0.15, -0.1) is 0 Å². The Kier molecular flexibility index (Phi) is 3.34. The van der Waals surface area contributed by atoms with Crippen LogP contribution in [0.2, 0.25) is 0 Å². The molecule has 3 rings (SSSR count). The fraction of sp³-hybridized carbons (Fsp3) is 0.467. The van der Waals surface area contributed by atoms with Gasteiger partial charge in [-0.05, 0) is 37.5 Å². The van der Waals surface area contributed by atoms with Crippen molar-refractivity contribution in [3.05, 3.63) is 28.2 Å². The first-order valence-corrected chi connectivity index (χ1v) is 7.17. The lowest BCUT2D eigenvalue weighted by Crippen LogP contribution is -2.25. The van der Waals surface area contributed by atoms with Gasteiger partial charge in [0.05, 0.1) is 11.0 Å². The summed E-state index contributed by atoms with van der Waals surface area (Å²) in [5.74, 6) is 0.231. The van der Waals surface area contributed by atoms with E-state index in [1.165, 1.54) is 6.42 Å². The van der Waals surface area contributed by atoms with E-state index in [1.807, 2.05) is 19.1 Å². The van der Waals surface area contributed by atoms with E-state index in [-0.39, 0.29) is 17.5 Å². The maximum atomic E-state index is 12.3. The average Bonchev–Trinajstić information content (AvgIpc) is 2.79. The number of anilines is 1. The fourth-order valence-electron chi connectivity index (χ4n) is 2.92. The molecule has 1 aliphatic rings. The summed E-state index contributed by atoms with van der Waals surface area (Å²) in [7, 11) is 0. The van der Waals surface area contributed by atoms with Gasteiger partial charge in [0.2, 0.25) is 5.91 Å². The van der Waals surface area contributed by atoms with Gasteiger partial charge >= 0.3 is 5.69 Å². The van der Waals surface area contributed by atoms with Crippen LogP contribution in [0.5, 0.6) is 0 Å². The number of hydrogen-bond acceptors (Lipinski definition) is 2. The van der Waals surface area contributed by atoms with Crippen molar-refractivity contribution in [2.75, 3.05) is 5.32 Å². The number of aryl methyl sites for hydroxylation is 1. The predicted octanol–water partition coefficient (Wildman–Crippen LogP) is 2.68. The molecule has 0 saturated heterocycles. The number of amides is 1. The molecular formula is C15H19N3O2. The molecular weight excluding hydrogens is 254 g/mol. The van der Waals surface area contributed by atoms with Crippen molar-refractivity contribution in [3.63, 3.8) is 0 Å². The van der Waals surface area contributed by atoms with Gasteiger partial charge in [0, 0.05) is 11.6 Å². The van der Waals surface area contributed by atoms with Gasteiger partial charge in [0.15, 0.2) is 0 Å². The van der Waals surface area contributed by atoms with Crippen molar-refractivity contribution in [2.45, 2.75) is 39.0 Å². The quantitative estimate of drug-likeness (QED) is 0.786. The van der Waals surface area contributed by atoms with Gasteiger partial charge in [-0.2, -0.15) is 0 Å². The molecule has 1 aliphatic carbocycles. The third-order valence-corrected chi connectivity index (χ3v) is 4.09. The lowest BCUT2D eigenvalue weighted by Gasteiger charge is -2.21. The van der Waals surface area contributed by atoms with Gasteiger partial charge in [-0.3, -0.25) is 4.79 Å². The number of aromatic nitrogens is 2. The molecule has 1 amide bonds. The van der Waals surface area contributed by atoms with Crippen LogP contribution in [-0.2, 0) is 4.79 Å². The van der Waals surface area contributed by atoms with Gasteiger partial charge in [-0.25, -0.2) is 4.79 Å². The molecule has 20 heavy (non-hydrogen) atoms. The second kappa shape index (κ2) is 5.15. The first-order valence-electron chi connectivity index (χ1n) is 7.17. The van der Waals surface area contributed by atoms with Crippen molar-refractivity contribution in [1.82, 2.24) is 9.97 Å². The number of rotatable bonds is 2. The number of aromatic amines is 2. The maximum absolute atomic E-state index is 12.3. The summed E-state index contributed by atoms with van der Waals surface area (Å²) in [4.78, 5) is 29.0. The number of fused-ring (bicyclic) bond motifs is 1. The molecule has 0 atom stereocenters. The van der Waals surface area contributed by atoms with Crippen LogP contribution in [0.25, 0.3) is 11.0 Å². The highest BCUT2D eigenvalue weighted by atomic mass is 16.2. The lowest BCUT2D eigenvalue weighted by molar-refractivity contribution is -0.120. The summed E-state index contributed by atoms with van der Waals surface area (Å²) in [5, 5.41) is 3.01. The molecule has 0 radical (unpaired) electrons. The van der Waals surface area contributed by atoms with Crippen molar-refractivity contribution in [3.8, 4) is 0 Å². The monoisotopic (exact) mass is 273 g/mol. The highest BCUT2D eigenvalue weighted by Crippen LogP contribution is 2.26. The smallest absolute Gasteiger partial charge is 0.323 e. The minimum atomic E-state index is -0.227. The topological polar surface area (TPSA) is 77.8 Å². The Morgan fingerprint density at radius 2 is 1.80 bits per heavy atom. The molecule has 0 spiro atoms. The number of carbonyl (C=O) groups is 1. The highest BCUT2D eigenvalue weighted by Gasteiger charge is 2.21. The highest BCUT2D eigenvalue weighted by molar-refractivity contribution is 5.95. The first kappa shape index (κ1) is 13.0. The van der Waals surface area contributed by atoms with Crippen LogP contribution in [0, 0.1) is 12.8 Å². The van der Waals surface area contributed by atoms with Crippen molar-refractivity contribution in [2.24, 2.45) is 5.92 Å². The molecule has 1 saturated carbocycles. The van der Waals surface area contributed by atoms with Crippen molar-refractivity contribution >= 4 is 22.6 Å². The van der Waals surface area contributed by atoms with Crippen molar-refractivity contribution in [1.29, 1.82) is 0 Å². The average molecular weight is 273 g/mol.